The molecule has 0 aliphatic rings. The third-order valence-corrected chi connectivity index (χ3v) is 3.77. The quantitative estimate of drug-likeness (QED) is 0.342. The van der Waals surface area contributed by atoms with Gasteiger partial charge in [0.1, 0.15) is 0 Å². The molecule has 4 heteroatoms. The normalized spacial score (nSPS) is 11.9. The van der Waals surface area contributed by atoms with Crippen molar-refractivity contribution in [2.45, 2.75) is 13.8 Å². The molecule has 0 aromatic heterocycles. The first-order chi connectivity index (χ1) is 3.68. The minimum absolute atomic E-state index is 0.639. The zero-order valence-electron chi connectivity index (χ0n) is 5.35. The van der Waals surface area contributed by atoms with E-state index in [2.05, 4.69) is 5.20 Å². The van der Waals surface area contributed by atoms with Crippen molar-refractivity contribution >= 4 is 7.29 Å². The molecule has 0 radical (unpaired) electrons. The average Bonchev–Trinajstić information content (AvgIpc) is 1.87. The number of nitrogens with two attached hydrogens (primary N) is 1. The van der Waals surface area contributed by atoms with Crippen LogP contribution in [0.4, 0.5) is 0 Å². The van der Waals surface area contributed by atoms with Crippen LogP contribution in [0.2, 0.25) is 0 Å². The van der Waals surface area contributed by atoms with Crippen molar-refractivity contribution in [2.24, 2.45) is 5.84 Å². The van der Waals surface area contributed by atoms with Gasteiger partial charge in [-0.3, -0.25) is 5.84 Å². The van der Waals surface area contributed by atoms with E-state index in [1.54, 1.807) is 0 Å². The van der Waals surface area contributed by atoms with Crippen molar-refractivity contribution in [2.75, 3.05) is 12.3 Å². The van der Waals surface area contributed by atoms with E-state index in [1.807, 2.05) is 13.8 Å². The predicted octanol–water partition coefficient (Wildman–Crippen LogP) is 0.768. The molecule has 0 saturated heterocycles. The van der Waals surface area contributed by atoms with Crippen LogP contribution in [0.15, 0.2) is 0 Å². The maximum absolute atomic E-state index is 11.1. The maximum atomic E-state index is 11.1. The highest BCUT2D eigenvalue weighted by molar-refractivity contribution is 7.61. The molecule has 0 aliphatic heterocycles. The first-order valence-corrected chi connectivity index (χ1v) is 4.82. The van der Waals surface area contributed by atoms with Gasteiger partial charge in [-0.25, -0.2) is 5.20 Å². The van der Waals surface area contributed by atoms with Gasteiger partial charge in [-0.2, -0.15) is 0 Å². The number of nitrogens with one attached hydrogen (secondary N) is 1. The van der Waals surface area contributed by atoms with Crippen molar-refractivity contribution in [3.63, 3.8) is 0 Å². The molecule has 0 heterocycles. The van der Waals surface area contributed by atoms with E-state index in [4.69, 9.17) is 5.84 Å². The molecule has 0 fully saturated rings. The molecule has 50 valence electrons. The molecule has 0 unspecified atom stereocenters. The molecular formula is C4H13N2OP. The minimum atomic E-state index is -2.13. The fourth-order valence-corrected chi connectivity index (χ4v) is 1.22. The topological polar surface area (TPSA) is 55.1 Å². The van der Waals surface area contributed by atoms with Crippen molar-refractivity contribution in [3.05, 3.63) is 0 Å². The fraction of sp³-hybridized carbons (Fsp3) is 1.00. The zero-order valence-corrected chi connectivity index (χ0v) is 6.24. The molecule has 0 spiro atoms. The van der Waals surface area contributed by atoms with E-state index < -0.39 is 7.29 Å². The van der Waals surface area contributed by atoms with Gasteiger partial charge in [0.15, 0.2) is 7.29 Å². The third-order valence-electron chi connectivity index (χ3n) is 1.26. The lowest BCUT2D eigenvalue weighted by molar-refractivity contribution is 0.567. The minimum Gasteiger partial charge on any atom is -0.306 e. The van der Waals surface area contributed by atoms with Gasteiger partial charge in [0, 0.05) is 12.3 Å². The Morgan fingerprint density at radius 1 is 1.50 bits per heavy atom. The lowest BCUT2D eigenvalue weighted by Crippen LogP contribution is -2.20. The number of hydrazine groups is 1. The molecule has 0 rings (SSSR count). The summed E-state index contributed by atoms with van der Waals surface area (Å²) in [5.41, 5.74) is 0. The van der Waals surface area contributed by atoms with Crippen LogP contribution in [0.5, 0.6) is 0 Å². The molecule has 0 amide bonds. The van der Waals surface area contributed by atoms with E-state index in [0.717, 1.165) is 0 Å². The van der Waals surface area contributed by atoms with Crippen LogP contribution in [0.25, 0.3) is 0 Å². The summed E-state index contributed by atoms with van der Waals surface area (Å²) in [5.74, 6) is 5.01. The van der Waals surface area contributed by atoms with Crippen LogP contribution in [-0.4, -0.2) is 12.3 Å². The lowest BCUT2D eigenvalue weighted by Gasteiger charge is -2.10. The van der Waals surface area contributed by atoms with Gasteiger partial charge < -0.3 is 4.57 Å². The molecule has 0 aromatic carbocycles. The van der Waals surface area contributed by atoms with Gasteiger partial charge in [0.05, 0.1) is 0 Å². The van der Waals surface area contributed by atoms with E-state index in [9.17, 15) is 4.57 Å². The summed E-state index contributed by atoms with van der Waals surface area (Å²) in [7, 11) is -2.13. The summed E-state index contributed by atoms with van der Waals surface area (Å²) in [6.07, 6.45) is 1.28. The van der Waals surface area contributed by atoms with E-state index in [0.29, 0.717) is 12.3 Å². The second kappa shape index (κ2) is 3.23. The van der Waals surface area contributed by atoms with Gasteiger partial charge in [-0.1, -0.05) is 13.8 Å². The van der Waals surface area contributed by atoms with Crippen molar-refractivity contribution in [1.29, 1.82) is 0 Å². The monoisotopic (exact) mass is 136 g/mol. The van der Waals surface area contributed by atoms with Crippen LogP contribution in [0, 0.1) is 0 Å². The summed E-state index contributed by atoms with van der Waals surface area (Å²) in [6, 6.07) is 0. The average molecular weight is 136 g/mol. The van der Waals surface area contributed by atoms with Crippen LogP contribution < -0.4 is 11.0 Å². The molecule has 0 saturated carbocycles. The van der Waals surface area contributed by atoms with E-state index >= 15 is 0 Å². The predicted molar refractivity (Wildman–Crippen MR) is 36.0 cm³/mol. The Labute approximate surface area is 50.0 Å². The van der Waals surface area contributed by atoms with E-state index in [-0.39, 0.29) is 0 Å². The second-order valence-corrected chi connectivity index (χ2v) is 4.95. The Morgan fingerprint density at radius 3 is 1.88 bits per heavy atom. The highest BCUT2D eigenvalue weighted by atomic mass is 31.2. The molecule has 0 bridgehead atoms. The molecule has 0 aromatic rings. The van der Waals surface area contributed by atoms with Crippen molar-refractivity contribution in [3.8, 4) is 0 Å². The van der Waals surface area contributed by atoms with Crippen LogP contribution in [-0.2, 0) is 4.57 Å². The summed E-state index contributed by atoms with van der Waals surface area (Å²) >= 11 is 0. The van der Waals surface area contributed by atoms with Crippen LogP contribution >= 0.6 is 7.29 Å². The third kappa shape index (κ3) is 1.95. The maximum Gasteiger partial charge on any atom is 0.159 e. The zero-order chi connectivity index (χ0) is 6.62. The molecule has 3 N–H and O–H groups in total. The van der Waals surface area contributed by atoms with Gasteiger partial charge in [-0.15, -0.1) is 0 Å². The SMILES string of the molecule is CCP(=O)(CC)NN. The standard InChI is InChI=1S/C4H13N2OP/c1-3-8(7,4-2)6-5/h3-5H2,1-2H3,(H,6,7). The molecular weight excluding hydrogens is 123 g/mol. The van der Waals surface area contributed by atoms with Gasteiger partial charge in [0.25, 0.3) is 0 Å². The van der Waals surface area contributed by atoms with Gasteiger partial charge >= 0.3 is 0 Å². The van der Waals surface area contributed by atoms with Gasteiger partial charge in [-0.05, 0) is 0 Å². The second-order valence-electron chi connectivity index (χ2n) is 1.65. The largest absolute Gasteiger partial charge is 0.306 e. The van der Waals surface area contributed by atoms with Crippen LogP contribution in [0.1, 0.15) is 13.8 Å². The Bertz CT molecular complexity index is 85.2. The summed E-state index contributed by atoms with van der Waals surface area (Å²) in [5, 5.41) is 2.33. The first kappa shape index (κ1) is 8.15. The Morgan fingerprint density at radius 2 is 1.88 bits per heavy atom. The lowest BCUT2D eigenvalue weighted by atomic mass is 11.0. The molecule has 3 nitrogen and oxygen atoms in total. The summed E-state index contributed by atoms with van der Waals surface area (Å²) in [6.45, 7) is 3.73. The summed E-state index contributed by atoms with van der Waals surface area (Å²) < 4.78 is 11.1. The smallest absolute Gasteiger partial charge is 0.159 e. The Kier molecular flexibility index (Phi) is 3.29. The Balaban J connectivity index is 3.79. The Hall–Kier alpha value is 0.150. The highest BCUT2D eigenvalue weighted by Crippen LogP contribution is 2.37. The van der Waals surface area contributed by atoms with Gasteiger partial charge in [0.2, 0.25) is 0 Å². The fourth-order valence-electron chi connectivity index (χ4n) is 0.406. The number of hydrogen-bond donors (Lipinski definition) is 2. The molecule has 0 aliphatic carbocycles. The highest BCUT2D eigenvalue weighted by Gasteiger charge is 2.12. The van der Waals surface area contributed by atoms with Crippen molar-refractivity contribution < 1.29 is 4.57 Å². The van der Waals surface area contributed by atoms with Crippen molar-refractivity contribution in [1.82, 2.24) is 5.20 Å². The number of hydrogen-bond acceptors (Lipinski definition) is 2. The number of rotatable bonds is 3. The molecule has 8 heavy (non-hydrogen) atoms. The van der Waals surface area contributed by atoms with E-state index in [1.165, 1.54) is 0 Å². The first-order valence-electron chi connectivity index (χ1n) is 2.74. The summed E-state index contributed by atoms with van der Waals surface area (Å²) in [4.78, 5) is 0. The van der Waals surface area contributed by atoms with Crippen LogP contribution in [0.3, 0.4) is 0 Å². The molecule has 0 atom stereocenters.